The summed E-state index contributed by atoms with van der Waals surface area (Å²) in [5.74, 6) is 0. The fourth-order valence-electron chi connectivity index (χ4n) is 8.88. The molecule has 11 rings (SSSR count). The highest BCUT2D eigenvalue weighted by atomic mass is 15.1. The summed E-state index contributed by atoms with van der Waals surface area (Å²) in [7, 11) is 0. The molecule has 0 atom stereocenters. The Balaban J connectivity index is 0.943. The second-order valence-corrected chi connectivity index (χ2v) is 15.3. The molecule has 2 heteroatoms. The topological polar surface area (TPSA) is 8.17 Å². The van der Waals surface area contributed by atoms with Crippen molar-refractivity contribution in [1.82, 2.24) is 4.57 Å². The van der Waals surface area contributed by atoms with Gasteiger partial charge in [0.05, 0.1) is 16.7 Å². The molecule has 0 N–H and O–H groups in total. The molecule has 1 aromatic heterocycles. The summed E-state index contributed by atoms with van der Waals surface area (Å²) in [6, 6.07) is 87.7. The van der Waals surface area contributed by atoms with Gasteiger partial charge in [0.25, 0.3) is 0 Å². The van der Waals surface area contributed by atoms with Crippen molar-refractivity contribution in [3.63, 3.8) is 0 Å². The SMILES string of the molecule is c1ccc(-c2ccc(N(c3ccccc3)c3cccc4c(-c5ccc(-c6ccc7c(c6)c6ccccc6n7-c6ccc(-c7ccccc7)cc6)cc5)cccc34)cc2)cc1. The summed E-state index contributed by atoms with van der Waals surface area (Å²) >= 11 is 0. The van der Waals surface area contributed by atoms with Gasteiger partial charge in [0.2, 0.25) is 0 Å². The maximum absolute atomic E-state index is 2.39. The van der Waals surface area contributed by atoms with Gasteiger partial charge >= 0.3 is 0 Å². The molecule has 0 aliphatic heterocycles. The van der Waals surface area contributed by atoms with Crippen LogP contribution in [0.15, 0.2) is 243 Å². The summed E-state index contributed by atoms with van der Waals surface area (Å²) in [5, 5.41) is 4.92. The molecule has 2 nitrogen and oxygen atoms in total. The lowest BCUT2D eigenvalue weighted by Gasteiger charge is -2.27. The second-order valence-electron chi connectivity index (χ2n) is 15.3. The second kappa shape index (κ2) is 15.1. The zero-order valence-electron chi connectivity index (χ0n) is 33.0. The van der Waals surface area contributed by atoms with E-state index in [9.17, 15) is 0 Å². The number of hydrogen-bond donors (Lipinski definition) is 0. The number of fused-ring (bicyclic) bond motifs is 4. The van der Waals surface area contributed by atoms with Crippen LogP contribution in [-0.4, -0.2) is 4.57 Å². The molecule has 0 saturated carbocycles. The number of aromatic nitrogens is 1. The monoisotopic (exact) mass is 764 g/mol. The highest BCUT2D eigenvalue weighted by molar-refractivity contribution is 6.11. The molecule has 0 aliphatic carbocycles. The average Bonchev–Trinajstić information content (AvgIpc) is 3.66. The lowest BCUT2D eigenvalue weighted by atomic mass is 9.94. The van der Waals surface area contributed by atoms with Crippen molar-refractivity contribution in [3.8, 4) is 50.2 Å². The summed E-state index contributed by atoms with van der Waals surface area (Å²) in [5.41, 5.74) is 16.6. The molecule has 0 unspecified atom stereocenters. The van der Waals surface area contributed by atoms with Crippen molar-refractivity contribution in [2.24, 2.45) is 0 Å². The molecule has 0 fully saturated rings. The Kier molecular flexibility index (Phi) is 8.87. The molecule has 0 spiro atoms. The summed E-state index contributed by atoms with van der Waals surface area (Å²) in [6.45, 7) is 0. The lowest BCUT2D eigenvalue weighted by Crippen LogP contribution is -2.10. The number of anilines is 3. The lowest BCUT2D eigenvalue weighted by molar-refractivity contribution is 1.18. The van der Waals surface area contributed by atoms with Gasteiger partial charge in [-0.05, 0) is 111 Å². The molecule has 0 radical (unpaired) electrons. The molecular weight excluding hydrogens is 725 g/mol. The van der Waals surface area contributed by atoms with E-state index in [1.165, 1.54) is 77.1 Å². The van der Waals surface area contributed by atoms with Gasteiger partial charge in [-0.1, -0.05) is 182 Å². The maximum Gasteiger partial charge on any atom is 0.0541 e. The minimum Gasteiger partial charge on any atom is -0.310 e. The Bertz CT molecular complexity index is 3260. The first-order chi connectivity index (χ1) is 29.8. The van der Waals surface area contributed by atoms with E-state index in [0.29, 0.717) is 0 Å². The Morgan fingerprint density at radius 1 is 0.267 bits per heavy atom. The van der Waals surface area contributed by atoms with Gasteiger partial charge < -0.3 is 9.47 Å². The number of benzene rings is 10. The largest absolute Gasteiger partial charge is 0.310 e. The molecular formula is C58H40N2. The minimum atomic E-state index is 1.11. The van der Waals surface area contributed by atoms with Crippen LogP contribution in [0.5, 0.6) is 0 Å². The Morgan fingerprint density at radius 3 is 1.43 bits per heavy atom. The van der Waals surface area contributed by atoms with Crippen molar-refractivity contribution in [3.05, 3.63) is 243 Å². The van der Waals surface area contributed by atoms with E-state index >= 15 is 0 Å². The van der Waals surface area contributed by atoms with E-state index in [1.54, 1.807) is 0 Å². The maximum atomic E-state index is 2.39. The van der Waals surface area contributed by atoms with Crippen molar-refractivity contribution < 1.29 is 0 Å². The van der Waals surface area contributed by atoms with Gasteiger partial charge in [-0.2, -0.15) is 0 Å². The van der Waals surface area contributed by atoms with Gasteiger partial charge in [-0.25, -0.2) is 0 Å². The zero-order valence-corrected chi connectivity index (χ0v) is 33.0. The van der Waals surface area contributed by atoms with Crippen molar-refractivity contribution in [2.75, 3.05) is 4.90 Å². The smallest absolute Gasteiger partial charge is 0.0541 e. The van der Waals surface area contributed by atoms with Gasteiger partial charge in [-0.3, -0.25) is 0 Å². The first-order valence-corrected chi connectivity index (χ1v) is 20.6. The first-order valence-electron chi connectivity index (χ1n) is 20.6. The van der Waals surface area contributed by atoms with Gasteiger partial charge in [-0.15, -0.1) is 0 Å². The van der Waals surface area contributed by atoms with Crippen LogP contribution < -0.4 is 4.90 Å². The van der Waals surface area contributed by atoms with Crippen LogP contribution in [0.2, 0.25) is 0 Å². The molecule has 10 aromatic carbocycles. The average molecular weight is 765 g/mol. The van der Waals surface area contributed by atoms with Crippen molar-refractivity contribution >= 4 is 49.6 Å². The van der Waals surface area contributed by atoms with Crippen LogP contribution in [0.25, 0.3) is 82.8 Å². The molecule has 0 amide bonds. The molecule has 1 heterocycles. The van der Waals surface area contributed by atoms with Gasteiger partial charge in [0.1, 0.15) is 0 Å². The highest BCUT2D eigenvalue weighted by Crippen LogP contribution is 2.42. The summed E-state index contributed by atoms with van der Waals surface area (Å²) < 4.78 is 2.39. The van der Waals surface area contributed by atoms with E-state index in [4.69, 9.17) is 0 Å². The van der Waals surface area contributed by atoms with Crippen LogP contribution in [0.1, 0.15) is 0 Å². The Hall–Kier alpha value is -7.94. The van der Waals surface area contributed by atoms with E-state index in [-0.39, 0.29) is 0 Å². The minimum absolute atomic E-state index is 1.11. The number of rotatable bonds is 8. The van der Waals surface area contributed by atoms with E-state index in [0.717, 1.165) is 22.7 Å². The third kappa shape index (κ3) is 6.32. The zero-order chi connectivity index (χ0) is 39.8. The fraction of sp³-hybridized carbons (Fsp3) is 0. The predicted octanol–water partition coefficient (Wildman–Crippen LogP) is 16.1. The molecule has 0 saturated heterocycles. The third-order valence-corrected chi connectivity index (χ3v) is 11.8. The number of hydrogen-bond acceptors (Lipinski definition) is 1. The highest BCUT2D eigenvalue weighted by Gasteiger charge is 2.18. The Labute approximate surface area is 350 Å². The van der Waals surface area contributed by atoms with Crippen molar-refractivity contribution in [2.45, 2.75) is 0 Å². The molecule has 0 aliphatic rings. The Morgan fingerprint density at radius 2 is 0.733 bits per heavy atom. The quantitative estimate of drug-likeness (QED) is 0.150. The van der Waals surface area contributed by atoms with Gasteiger partial charge in [0.15, 0.2) is 0 Å². The normalized spacial score (nSPS) is 11.3. The number of para-hydroxylation sites is 2. The number of nitrogens with zero attached hydrogens (tertiary/aromatic N) is 2. The molecule has 282 valence electrons. The standard InChI is InChI=1S/C58H40N2/c1-4-14-41(15-5-1)43-30-35-49(36-31-43)59(48-18-8-3-9-19-48)56-25-13-22-52-51(21-12-23-53(52)56)46-28-26-45(27-29-46)47-34-39-58-55(40-47)54-20-10-11-24-57(54)60(58)50-37-32-44(33-38-50)42-16-6-2-7-17-42/h1-40H. The third-order valence-electron chi connectivity index (χ3n) is 11.8. The van der Waals surface area contributed by atoms with E-state index in [2.05, 4.69) is 252 Å². The predicted molar refractivity (Wildman–Crippen MR) is 255 cm³/mol. The molecule has 11 aromatic rings. The van der Waals surface area contributed by atoms with Crippen LogP contribution in [0.4, 0.5) is 17.1 Å². The molecule has 0 bridgehead atoms. The van der Waals surface area contributed by atoms with E-state index in [1.807, 2.05) is 0 Å². The van der Waals surface area contributed by atoms with Crippen LogP contribution in [-0.2, 0) is 0 Å². The van der Waals surface area contributed by atoms with Crippen LogP contribution in [0, 0.1) is 0 Å². The summed E-state index contributed by atoms with van der Waals surface area (Å²) in [4.78, 5) is 2.37. The van der Waals surface area contributed by atoms with Crippen LogP contribution in [0.3, 0.4) is 0 Å². The molecule has 60 heavy (non-hydrogen) atoms. The van der Waals surface area contributed by atoms with E-state index < -0.39 is 0 Å². The summed E-state index contributed by atoms with van der Waals surface area (Å²) in [6.07, 6.45) is 0. The first kappa shape index (κ1) is 35.2. The van der Waals surface area contributed by atoms with Crippen LogP contribution >= 0.6 is 0 Å². The van der Waals surface area contributed by atoms with Crippen molar-refractivity contribution in [1.29, 1.82) is 0 Å². The van der Waals surface area contributed by atoms with Gasteiger partial charge in [0, 0.05) is 33.2 Å². The fourth-order valence-corrected chi connectivity index (χ4v) is 8.88.